The molecule has 0 aromatic heterocycles. The van der Waals surface area contributed by atoms with E-state index >= 15 is 0 Å². The average Bonchev–Trinajstić information content (AvgIpc) is 3.75. The molecule has 2 saturated heterocycles. The Kier molecular flexibility index (Phi) is 14.9. The van der Waals surface area contributed by atoms with Gasteiger partial charge in [-0.1, -0.05) is 73.7 Å². The van der Waals surface area contributed by atoms with Gasteiger partial charge in [0.1, 0.15) is 11.9 Å². The van der Waals surface area contributed by atoms with Gasteiger partial charge in [0.05, 0.1) is 5.02 Å². The van der Waals surface area contributed by atoms with E-state index in [2.05, 4.69) is 45.5 Å². The maximum absolute atomic E-state index is 14.2. The monoisotopic (exact) mass is 866 g/mol. The predicted molar refractivity (Wildman–Crippen MR) is 231 cm³/mol. The quantitative estimate of drug-likeness (QED) is 0.0569. The third-order valence-electron chi connectivity index (χ3n) is 11.7. The summed E-state index contributed by atoms with van der Waals surface area (Å²) in [6, 6.07) is 25.6. The van der Waals surface area contributed by atoms with E-state index in [1.807, 2.05) is 12.1 Å². The van der Waals surface area contributed by atoms with Crippen LogP contribution in [0.15, 0.2) is 84.9 Å². The normalized spacial score (nSPS) is 19.7. The Morgan fingerprint density at radius 1 is 0.902 bits per heavy atom. The van der Waals surface area contributed by atoms with Crippen molar-refractivity contribution in [2.45, 2.75) is 75.9 Å². The number of hydrogen-bond donors (Lipinski definition) is 5. The van der Waals surface area contributed by atoms with Gasteiger partial charge >= 0.3 is 0 Å². The highest BCUT2D eigenvalue weighted by Gasteiger charge is 2.47. The van der Waals surface area contributed by atoms with E-state index in [0.717, 1.165) is 12.1 Å². The van der Waals surface area contributed by atoms with Crippen molar-refractivity contribution in [1.29, 1.82) is 0 Å². The lowest BCUT2D eigenvalue weighted by Gasteiger charge is -2.38. The number of piperidine rings is 1. The second-order valence-corrected chi connectivity index (χ2v) is 16.0. The van der Waals surface area contributed by atoms with Crippen molar-refractivity contribution in [2.75, 3.05) is 17.2 Å². The lowest BCUT2D eigenvalue weighted by Crippen LogP contribution is -2.52. The second-order valence-electron chi connectivity index (χ2n) is 15.2. The van der Waals surface area contributed by atoms with Crippen LogP contribution < -0.4 is 26.6 Å². The van der Waals surface area contributed by atoms with Crippen molar-refractivity contribution in [3.8, 4) is 12.0 Å². The van der Waals surface area contributed by atoms with Crippen LogP contribution >= 0.6 is 23.2 Å². The molecule has 15 heteroatoms. The third-order valence-corrected chi connectivity index (χ3v) is 12.2. The molecule has 3 unspecified atom stereocenters. The minimum atomic E-state index is -0.704. The minimum absolute atomic E-state index is 0.182. The molecular weight excluding hydrogens is 822 g/mol. The van der Waals surface area contributed by atoms with Gasteiger partial charge in [0.2, 0.25) is 24.6 Å². The minimum Gasteiger partial charge on any atom is -0.329 e. The number of benzene rings is 4. The first-order valence-electron chi connectivity index (χ1n) is 20.0. The number of fused-ring (bicyclic) bond motifs is 1. The zero-order chi connectivity index (χ0) is 43.5. The molecule has 1 saturated carbocycles. The van der Waals surface area contributed by atoms with Gasteiger partial charge in [0, 0.05) is 70.1 Å². The zero-order valence-corrected chi connectivity index (χ0v) is 34.9. The fourth-order valence-corrected chi connectivity index (χ4v) is 8.77. The van der Waals surface area contributed by atoms with E-state index in [-0.39, 0.29) is 53.5 Å². The van der Waals surface area contributed by atoms with E-state index in [9.17, 15) is 33.2 Å². The number of rotatable bonds is 7. The van der Waals surface area contributed by atoms with Gasteiger partial charge in [-0.3, -0.25) is 39.4 Å². The molecule has 12 nitrogen and oxygen atoms in total. The molecule has 4 aliphatic rings. The van der Waals surface area contributed by atoms with Crippen molar-refractivity contribution in [1.82, 2.24) is 20.9 Å². The number of carbonyl (C=O) groups excluding carboxylic acids is 6. The first-order chi connectivity index (χ1) is 29.4. The molecule has 6 amide bonds. The Bertz CT molecular complexity index is 2360. The summed E-state index contributed by atoms with van der Waals surface area (Å²) in [6.07, 6.45) is 8.01. The Balaban J connectivity index is 0.000000179. The molecule has 1 aliphatic carbocycles. The number of hydrogen-bond acceptors (Lipinski definition) is 7. The van der Waals surface area contributed by atoms with Crippen LogP contribution in [0, 0.1) is 23.7 Å². The molecule has 0 bridgehead atoms. The van der Waals surface area contributed by atoms with E-state index in [0.29, 0.717) is 57.4 Å². The maximum Gasteiger partial charge on any atom is 0.262 e. The van der Waals surface area contributed by atoms with Crippen LogP contribution in [-0.4, -0.2) is 59.5 Å². The standard InChI is InChI=1S/C23H18N4O5.C16H21ClFN.C7H6ClNO/c28-13-25-16-6-4-15(5-7-16)21(30)24-11-10-14-2-1-3-17-18(14)12-27(23(17)32)19-8-9-20(29)26-22(19)31;1-11-13(12-6-5-7-14(17)15(12)18)10-19-16(11)8-3-2-4-9-16;8-6-2-1-3-7(4-6)9-5-10/h1-7,13,19H,8-9,12H2,(H,24,30)(H,25,28)(H,26,29,31);5-7,11,13,19H,2-4,8-10H2,1H3;1-5H,(H,9,10). The first kappa shape index (κ1) is 44.5. The highest BCUT2D eigenvalue weighted by atomic mass is 35.5. The fourth-order valence-electron chi connectivity index (χ4n) is 8.40. The van der Waals surface area contributed by atoms with Crippen LogP contribution in [0.4, 0.5) is 15.8 Å². The molecule has 3 aliphatic heterocycles. The van der Waals surface area contributed by atoms with Crippen molar-refractivity contribution >= 4 is 71.0 Å². The summed E-state index contributed by atoms with van der Waals surface area (Å²) in [5.41, 5.74) is 4.35. The summed E-state index contributed by atoms with van der Waals surface area (Å²) in [5.74, 6) is 1.84. The van der Waals surface area contributed by atoms with Gasteiger partial charge in [0.15, 0.2) is 0 Å². The molecule has 316 valence electrons. The highest BCUT2D eigenvalue weighted by Crippen LogP contribution is 2.46. The Labute approximate surface area is 363 Å². The SMILES string of the molecule is CC1C(c2cccc(Cl)c2F)CNC12CCCCC2.O=CNc1ccc(C(=O)NC#Cc2cccc3c2CN(C2CCC(=O)NC2=O)C3=O)cc1.O=CNc1cccc(Cl)c1. The van der Waals surface area contributed by atoms with E-state index in [4.69, 9.17) is 23.2 Å². The van der Waals surface area contributed by atoms with Gasteiger partial charge in [-0.2, -0.15) is 0 Å². The molecule has 3 fully saturated rings. The summed E-state index contributed by atoms with van der Waals surface area (Å²) in [6.45, 7) is 3.35. The summed E-state index contributed by atoms with van der Waals surface area (Å²) >= 11 is 11.5. The van der Waals surface area contributed by atoms with Crippen LogP contribution in [0.2, 0.25) is 10.0 Å². The highest BCUT2D eigenvalue weighted by molar-refractivity contribution is 6.31. The number of halogens is 3. The number of amides is 6. The topological polar surface area (TPSA) is 166 Å². The number of nitrogens with zero attached hydrogens (tertiary/aromatic N) is 1. The summed E-state index contributed by atoms with van der Waals surface area (Å²) in [4.78, 5) is 70.5. The largest absolute Gasteiger partial charge is 0.329 e. The third kappa shape index (κ3) is 10.6. The molecule has 1 spiro atoms. The van der Waals surface area contributed by atoms with Gasteiger partial charge in [0.25, 0.3) is 11.8 Å². The van der Waals surface area contributed by atoms with Gasteiger partial charge in [-0.15, -0.1) is 0 Å². The lowest BCUT2D eigenvalue weighted by molar-refractivity contribution is -0.137. The lowest BCUT2D eigenvalue weighted by atomic mass is 9.71. The van der Waals surface area contributed by atoms with Crippen LogP contribution in [0.5, 0.6) is 0 Å². The second kappa shape index (κ2) is 20.5. The molecule has 0 radical (unpaired) electrons. The fraction of sp³-hybridized carbons (Fsp3) is 0.304. The van der Waals surface area contributed by atoms with E-state index in [1.165, 1.54) is 37.0 Å². The Hall–Kier alpha value is -6.07. The number of carbonyl (C=O) groups is 6. The van der Waals surface area contributed by atoms with Crippen molar-refractivity contribution in [3.63, 3.8) is 0 Å². The molecule has 5 N–H and O–H groups in total. The molecule has 8 rings (SSSR count). The molecular formula is C46H45Cl2FN6O6. The molecule has 4 aromatic carbocycles. The smallest absolute Gasteiger partial charge is 0.262 e. The van der Waals surface area contributed by atoms with Gasteiger partial charge in [-0.05, 0) is 103 Å². The summed E-state index contributed by atoms with van der Waals surface area (Å²) < 4.78 is 14.2. The van der Waals surface area contributed by atoms with E-state index in [1.54, 1.807) is 72.8 Å². The maximum atomic E-state index is 14.2. The Morgan fingerprint density at radius 3 is 2.31 bits per heavy atom. The summed E-state index contributed by atoms with van der Waals surface area (Å²) in [5, 5.41) is 14.3. The van der Waals surface area contributed by atoms with Crippen molar-refractivity contribution in [3.05, 3.63) is 129 Å². The molecule has 4 aromatic rings. The van der Waals surface area contributed by atoms with Crippen LogP contribution in [0.1, 0.15) is 95.2 Å². The molecule has 3 atom stereocenters. The van der Waals surface area contributed by atoms with E-state index < -0.39 is 17.9 Å². The molecule has 61 heavy (non-hydrogen) atoms. The van der Waals surface area contributed by atoms with Gasteiger partial charge in [-0.25, -0.2) is 4.39 Å². The molecule has 3 heterocycles. The van der Waals surface area contributed by atoms with Crippen LogP contribution in [0.25, 0.3) is 0 Å². The summed E-state index contributed by atoms with van der Waals surface area (Å²) in [7, 11) is 0. The van der Waals surface area contributed by atoms with Crippen LogP contribution in [-0.2, 0) is 25.7 Å². The van der Waals surface area contributed by atoms with Crippen molar-refractivity contribution < 1.29 is 33.2 Å². The van der Waals surface area contributed by atoms with Gasteiger partial charge < -0.3 is 20.9 Å². The van der Waals surface area contributed by atoms with Crippen molar-refractivity contribution in [2.24, 2.45) is 5.92 Å². The zero-order valence-electron chi connectivity index (χ0n) is 33.4. The number of imide groups is 1. The predicted octanol–water partition coefficient (Wildman–Crippen LogP) is 7.17. The van der Waals surface area contributed by atoms with Crippen LogP contribution in [0.3, 0.4) is 0 Å². The average molecular weight is 868 g/mol. The number of nitrogens with one attached hydrogen (secondary N) is 5. The Morgan fingerprint density at radius 2 is 1.61 bits per heavy atom. The first-order valence-corrected chi connectivity index (χ1v) is 20.7. The number of anilines is 2.